The molecular weight excluding hydrogens is 300 g/mol. The average Bonchev–Trinajstić information content (AvgIpc) is 1.94. The Labute approximate surface area is 113 Å². The van der Waals surface area contributed by atoms with Crippen LogP contribution in [0.25, 0.3) is 0 Å². The molecule has 124 valence electrons. The molecule has 0 aliphatic rings. The number of hydrogen-bond acceptors (Lipinski definition) is 7. The van der Waals surface area contributed by atoms with Crippen LogP contribution >= 0.6 is 15.2 Å². The van der Waals surface area contributed by atoms with Gasteiger partial charge in [-0.25, -0.2) is 0 Å². The number of hydrogen-bond donors (Lipinski definition) is 8. The molecule has 19 heavy (non-hydrogen) atoms. The van der Waals surface area contributed by atoms with Crippen molar-refractivity contribution in [2.24, 2.45) is 0 Å². The highest BCUT2D eigenvalue weighted by Crippen LogP contribution is 2.40. The average molecular weight is 329 g/mol. The second kappa shape index (κ2) is 13.1. The van der Waals surface area contributed by atoms with E-state index in [-0.39, 0.29) is 31.1 Å². The summed E-state index contributed by atoms with van der Waals surface area (Å²) in [4.78, 5) is 35.9. The summed E-state index contributed by atoms with van der Waals surface area (Å²) in [5.74, 6) is 0. The minimum absolute atomic E-state index is 0. The van der Waals surface area contributed by atoms with Crippen LogP contribution in [-0.2, 0) is 9.13 Å². The molecule has 0 radical (unpaired) electrons. The fraction of sp³-hybridized carbons (Fsp3) is 1.00. The monoisotopic (exact) mass is 329 g/mol. The van der Waals surface area contributed by atoms with E-state index in [0.29, 0.717) is 6.42 Å². The second-order valence-corrected chi connectivity index (χ2v) is 6.58. The van der Waals surface area contributed by atoms with Gasteiger partial charge in [0, 0.05) is 0 Å². The van der Waals surface area contributed by atoms with Gasteiger partial charge in [-0.3, -0.25) is 14.0 Å². The first-order valence-electron chi connectivity index (χ1n) is 4.45. The molecule has 0 rings (SSSR count). The van der Waals surface area contributed by atoms with Crippen molar-refractivity contribution in [3.63, 3.8) is 0 Å². The van der Waals surface area contributed by atoms with Gasteiger partial charge in [-0.1, -0.05) is 13.3 Å². The highest BCUT2D eigenvalue weighted by molar-refractivity contribution is 7.52. The van der Waals surface area contributed by atoms with Crippen molar-refractivity contribution in [3.05, 3.63) is 0 Å². The first-order valence-corrected chi connectivity index (χ1v) is 8.05. The lowest BCUT2D eigenvalue weighted by Gasteiger charge is -2.22. The minimum Gasteiger partial charge on any atom is -0.344 e. The lowest BCUT2D eigenvalue weighted by molar-refractivity contribution is 0.275. The zero-order chi connectivity index (χ0) is 12.1. The Bertz CT molecular complexity index is 257. The van der Waals surface area contributed by atoms with Crippen LogP contribution in [0.4, 0.5) is 0 Å². The van der Waals surface area contributed by atoms with Crippen LogP contribution in [0.1, 0.15) is 19.8 Å². The molecule has 16 N–H and O–H groups in total. The lowest BCUT2D eigenvalue weighted by Crippen LogP contribution is -2.27. The lowest BCUT2D eigenvalue weighted by atomic mass is 10.3. The maximum atomic E-state index is 10.7. The van der Waals surface area contributed by atoms with E-state index in [4.69, 9.17) is 19.6 Å². The Morgan fingerprint density at radius 1 is 0.842 bits per heavy atom. The maximum absolute atomic E-state index is 10.7. The molecule has 0 aromatic rings. The normalized spacial score (nSPS) is 10.6. The highest BCUT2D eigenvalue weighted by atomic mass is 31.2. The smallest absolute Gasteiger partial charge is 0.339 e. The van der Waals surface area contributed by atoms with E-state index in [1.54, 1.807) is 0 Å². The van der Waals surface area contributed by atoms with Crippen LogP contribution < -0.4 is 24.6 Å². The molecule has 0 amide bonds. The van der Waals surface area contributed by atoms with Crippen molar-refractivity contribution >= 4 is 15.2 Å². The van der Waals surface area contributed by atoms with E-state index in [1.807, 2.05) is 6.92 Å². The standard InChI is InChI=1S/C6H17NO6P2.4H3N/c1-2-3-4-7(5-14(8,9)10)6-15(11,12)13;;;;/h2-6H2,1H3,(H2,8,9,10)(H2,11,12,13);4*1H3. The molecule has 0 aromatic heterocycles. The van der Waals surface area contributed by atoms with Gasteiger partial charge in [0.15, 0.2) is 0 Å². The van der Waals surface area contributed by atoms with Crippen molar-refractivity contribution in [2.75, 3.05) is 19.1 Å². The third-order valence-electron chi connectivity index (χ3n) is 1.60. The van der Waals surface area contributed by atoms with E-state index >= 15 is 0 Å². The predicted octanol–water partition coefficient (Wildman–Crippen LogP) is 1.01. The van der Waals surface area contributed by atoms with Crippen molar-refractivity contribution < 1.29 is 28.7 Å². The van der Waals surface area contributed by atoms with Gasteiger partial charge < -0.3 is 44.2 Å². The Hall–Kier alpha value is 0.100. The molecule has 0 aliphatic carbocycles. The minimum atomic E-state index is -4.27. The second-order valence-electron chi connectivity index (χ2n) is 3.36. The maximum Gasteiger partial charge on any atom is 0.339 e. The molecule has 0 aliphatic heterocycles. The molecule has 11 nitrogen and oxygen atoms in total. The molecule has 0 fully saturated rings. The predicted molar refractivity (Wildman–Crippen MR) is 75.5 cm³/mol. The molecule has 0 heterocycles. The van der Waals surface area contributed by atoms with Crippen molar-refractivity contribution in [3.8, 4) is 0 Å². The molecule has 0 saturated carbocycles. The molecule has 0 spiro atoms. The molecule has 0 bridgehead atoms. The highest BCUT2D eigenvalue weighted by Gasteiger charge is 2.24. The third kappa shape index (κ3) is 23.6. The summed E-state index contributed by atoms with van der Waals surface area (Å²) >= 11 is 0. The van der Waals surface area contributed by atoms with E-state index in [0.717, 1.165) is 11.3 Å². The van der Waals surface area contributed by atoms with Gasteiger partial charge in [0.2, 0.25) is 0 Å². The first-order chi connectivity index (χ1) is 6.64. The van der Waals surface area contributed by atoms with E-state index in [2.05, 4.69) is 0 Å². The van der Waals surface area contributed by atoms with E-state index in [1.165, 1.54) is 0 Å². The number of unbranched alkanes of at least 4 members (excludes halogenated alkanes) is 1. The van der Waals surface area contributed by atoms with E-state index < -0.39 is 27.8 Å². The van der Waals surface area contributed by atoms with Crippen molar-refractivity contribution in [1.29, 1.82) is 0 Å². The van der Waals surface area contributed by atoms with Crippen LogP contribution in [0.15, 0.2) is 0 Å². The van der Waals surface area contributed by atoms with Crippen LogP contribution in [0.2, 0.25) is 0 Å². The van der Waals surface area contributed by atoms with E-state index in [9.17, 15) is 9.13 Å². The van der Waals surface area contributed by atoms with Crippen LogP contribution in [-0.4, -0.2) is 43.6 Å². The summed E-state index contributed by atoms with van der Waals surface area (Å²) in [5.41, 5.74) is 0. The van der Waals surface area contributed by atoms with Crippen LogP contribution in [0.5, 0.6) is 0 Å². The van der Waals surface area contributed by atoms with Gasteiger partial charge >= 0.3 is 15.2 Å². The summed E-state index contributed by atoms with van der Waals surface area (Å²) in [6.07, 6.45) is 0.203. The summed E-state index contributed by atoms with van der Waals surface area (Å²) in [6.45, 7) is 2.15. The first kappa shape index (κ1) is 31.5. The fourth-order valence-electron chi connectivity index (χ4n) is 1.09. The SMILES string of the molecule is CCCCN(CP(=O)(O)O)CP(=O)(O)O.N.N.N.N. The van der Waals surface area contributed by atoms with Gasteiger partial charge in [0.05, 0.1) is 0 Å². The summed E-state index contributed by atoms with van der Waals surface area (Å²) < 4.78 is 21.4. The Balaban J connectivity index is -0.000000163. The fourth-order valence-corrected chi connectivity index (χ4v) is 2.77. The summed E-state index contributed by atoms with van der Waals surface area (Å²) in [7, 11) is -8.53. The molecule has 13 heteroatoms. The Morgan fingerprint density at radius 3 is 1.37 bits per heavy atom. The number of nitrogens with zero attached hydrogens (tertiary/aromatic N) is 1. The molecular formula is C6H29N5O6P2. The summed E-state index contributed by atoms with van der Waals surface area (Å²) in [6, 6.07) is 0. The molecule has 0 aromatic carbocycles. The zero-order valence-electron chi connectivity index (χ0n) is 11.3. The van der Waals surface area contributed by atoms with Gasteiger partial charge in [-0.15, -0.1) is 0 Å². The van der Waals surface area contributed by atoms with Crippen molar-refractivity contribution in [2.45, 2.75) is 19.8 Å². The summed E-state index contributed by atoms with van der Waals surface area (Å²) in [5, 5.41) is 0. The quantitative estimate of drug-likeness (QED) is 0.305. The van der Waals surface area contributed by atoms with Crippen molar-refractivity contribution in [1.82, 2.24) is 29.5 Å². The number of rotatable bonds is 7. The van der Waals surface area contributed by atoms with Crippen LogP contribution in [0, 0.1) is 0 Å². The zero-order valence-corrected chi connectivity index (χ0v) is 13.1. The van der Waals surface area contributed by atoms with Gasteiger partial charge in [-0.2, -0.15) is 0 Å². The molecule has 0 unspecified atom stereocenters. The molecule has 0 atom stereocenters. The van der Waals surface area contributed by atoms with Gasteiger partial charge in [0.25, 0.3) is 0 Å². The van der Waals surface area contributed by atoms with Gasteiger partial charge in [-0.05, 0) is 13.0 Å². The largest absolute Gasteiger partial charge is 0.344 e. The third-order valence-corrected chi connectivity index (χ3v) is 3.13. The Morgan fingerprint density at radius 2 is 1.16 bits per heavy atom. The van der Waals surface area contributed by atoms with Gasteiger partial charge in [0.1, 0.15) is 12.6 Å². The van der Waals surface area contributed by atoms with Crippen LogP contribution in [0.3, 0.4) is 0 Å². The Kier molecular flexibility index (Phi) is 21.7. The molecule has 0 saturated heterocycles. The topological polar surface area (TPSA) is 258 Å².